The normalized spacial score (nSPS) is 9.70. The average molecular weight is 746 g/mol. The third-order valence-electron chi connectivity index (χ3n) is 5.74. The van der Waals surface area contributed by atoms with Gasteiger partial charge >= 0.3 is 68.9 Å². The van der Waals surface area contributed by atoms with Gasteiger partial charge in [-0.3, -0.25) is 0 Å². The molecule has 11 heteroatoms. The third kappa shape index (κ3) is 9.89. The molecule has 0 fully saturated rings. The summed E-state index contributed by atoms with van der Waals surface area (Å²) >= 11 is 11.8. The van der Waals surface area contributed by atoms with Crippen LogP contribution in [0.1, 0.15) is 21.3 Å². The molecule has 0 aliphatic heterocycles. The van der Waals surface area contributed by atoms with E-state index in [0.29, 0.717) is 34.7 Å². The van der Waals surface area contributed by atoms with Crippen LogP contribution in [-0.4, -0.2) is 33.3 Å². The smallest absolute Gasteiger partial charge is 1.00 e. The van der Waals surface area contributed by atoms with Gasteiger partial charge in [0.1, 0.15) is 27.6 Å². The van der Waals surface area contributed by atoms with Crippen LogP contribution in [0.2, 0.25) is 10.3 Å². The van der Waals surface area contributed by atoms with Gasteiger partial charge in [-0.1, -0.05) is 97.4 Å². The van der Waals surface area contributed by atoms with Crippen LogP contribution in [0.5, 0.6) is 17.2 Å². The van der Waals surface area contributed by atoms with Gasteiger partial charge in [-0.15, -0.1) is 0 Å². The fourth-order valence-electron chi connectivity index (χ4n) is 3.95. The number of benzene rings is 3. The van der Waals surface area contributed by atoms with Crippen LogP contribution in [0.25, 0.3) is 32.3 Å². The molecule has 0 aliphatic rings. The number of rotatable bonds is 4. The first-order valence-corrected chi connectivity index (χ1v) is 13.2. The largest absolute Gasteiger partial charge is 1.00 e. The van der Waals surface area contributed by atoms with E-state index < -0.39 is 5.95 Å². The Morgan fingerprint density at radius 2 is 1.00 bits per heavy atom. The maximum atomic E-state index is 13.2. The second-order valence-electron chi connectivity index (χ2n) is 8.26. The van der Waals surface area contributed by atoms with Gasteiger partial charge in [0.25, 0.3) is 0 Å². The van der Waals surface area contributed by atoms with Crippen molar-refractivity contribution in [3.05, 3.63) is 108 Å². The van der Waals surface area contributed by atoms with E-state index in [1.807, 2.05) is 68.4 Å². The predicted molar refractivity (Wildman–Crippen MR) is 166 cm³/mol. The molecule has 6 rings (SSSR count). The van der Waals surface area contributed by atoms with Gasteiger partial charge in [0.2, 0.25) is 5.95 Å². The van der Waals surface area contributed by atoms with Crippen LogP contribution in [-0.2, 0) is 0 Å². The molecule has 0 aliphatic carbocycles. The van der Waals surface area contributed by atoms with Gasteiger partial charge < -0.3 is 19.3 Å². The average Bonchev–Trinajstić information content (AvgIpc) is 2.99. The van der Waals surface area contributed by atoms with E-state index in [1.54, 1.807) is 24.4 Å². The van der Waals surface area contributed by atoms with E-state index in [2.05, 4.69) is 15.0 Å². The number of ether oxygens (including phenoxy) is 2. The first-order valence-electron chi connectivity index (χ1n) is 12.5. The number of aromatic hydroxyl groups is 1. The second-order valence-corrected chi connectivity index (χ2v) is 8.98. The summed E-state index contributed by atoms with van der Waals surface area (Å²) in [7, 11) is 0. The van der Waals surface area contributed by atoms with E-state index in [4.69, 9.17) is 32.7 Å². The maximum absolute atomic E-state index is 13.2. The molecule has 0 saturated carbocycles. The molecule has 43 heavy (non-hydrogen) atoms. The zero-order valence-corrected chi connectivity index (χ0v) is 31.0. The molecule has 0 spiro atoms. The van der Waals surface area contributed by atoms with Crippen LogP contribution in [0.3, 0.4) is 0 Å². The van der Waals surface area contributed by atoms with E-state index >= 15 is 0 Å². The van der Waals surface area contributed by atoms with Gasteiger partial charge in [0, 0.05) is 32.3 Å². The van der Waals surface area contributed by atoms with Crippen molar-refractivity contribution in [1.82, 2.24) is 15.0 Å². The van der Waals surface area contributed by atoms with Crippen molar-refractivity contribution in [2.45, 2.75) is 21.3 Å². The zero-order valence-electron chi connectivity index (χ0n) is 23.2. The first-order chi connectivity index (χ1) is 19.4. The molecule has 3 heterocycles. The summed E-state index contributed by atoms with van der Waals surface area (Å²) in [6.07, 6.45) is 4.43. The summed E-state index contributed by atoms with van der Waals surface area (Å²) in [6, 6.07) is 22.3. The minimum atomic E-state index is -0.455. The van der Waals surface area contributed by atoms with Crippen LogP contribution in [0.4, 0.5) is 4.39 Å². The number of hydrogen-bond donors (Lipinski definition) is 1. The Morgan fingerprint density at radius 1 is 0.628 bits per heavy atom. The molecule has 3 aromatic carbocycles. The Labute approximate surface area is 318 Å². The monoisotopic (exact) mass is 745 g/mol. The van der Waals surface area contributed by atoms with Gasteiger partial charge in [-0.2, -0.15) is 4.39 Å². The van der Waals surface area contributed by atoms with Crippen molar-refractivity contribution in [2.75, 3.05) is 13.2 Å². The molecule has 0 saturated heterocycles. The van der Waals surface area contributed by atoms with Crippen LogP contribution < -0.4 is 83.1 Å². The van der Waals surface area contributed by atoms with Crippen molar-refractivity contribution in [3.8, 4) is 17.2 Å². The van der Waals surface area contributed by atoms with Gasteiger partial charge in [-0.05, 0) is 19.9 Å². The summed E-state index contributed by atoms with van der Waals surface area (Å²) < 4.78 is 24.0. The molecule has 1 N–H and O–H groups in total. The molecule has 6 aromatic rings. The first kappa shape index (κ1) is 38.8. The minimum Gasteiger partial charge on any atom is -1.00 e. The molecule has 3 aromatic heterocycles. The number of fused-ring (bicyclic) bond motifs is 3. The number of nitrogens with zero attached hydrogens (tertiary/aromatic N) is 3. The summed E-state index contributed by atoms with van der Waals surface area (Å²) in [5.41, 5.74) is 0. The quantitative estimate of drug-likeness (QED) is 0.280. The third-order valence-corrected chi connectivity index (χ3v) is 6.35. The predicted octanol–water partition coefficient (Wildman–Crippen LogP) is 3.30. The molecule has 0 unspecified atom stereocenters. The fourth-order valence-corrected chi connectivity index (χ4v) is 4.38. The van der Waals surface area contributed by atoms with E-state index in [1.165, 1.54) is 12.4 Å². The van der Waals surface area contributed by atoms with Crippen LogP contribution in [0.15, 0.2) is 91.4 Å². The Morgan fingerprint density at radius 3 is 1.49 bits per heavy atom. The molecule has 0 amide bonds. The van der Waals surface area contributed by atoms with Gasteiger partial charge in [0.15, 0.2) is 0 Å². The van der Waals surface area contributed by atoms with Crippen LogP contribution >= 0.6 is 23.2 Å². The number of hydrogen-bond acceptors (Lipinski definition) is 6. The van der Waals surface area contributed by atoms with E-state index in [-0.39, 0.29) is 86.8 Å². The molecular formula is C32H30Cl2CsF2N3O3. The molecule has 0 bridgehead atoms. The Balaban J connectivity index is 0.000000313. The van der Waals surface area contributed by atoms with Crippen LogP contribution in [0, 0.1) is 5.95 Å². The van der Waals surface area contributed by atoms with E-state index in [9.17, 15) is 9.50 Å². The fraction of sp³-hybridized carbons (Fsp3) is 0.156. The Bertz CT molecular complexity index is 1640. The van der Waals surface area contributed by atoms with Gasteiger partial charge in [-0.25, -0.2) is 15.0 Å². The van der Waals surface area contributed by atoms with Crippen molar-refractivity contribution in [3.63, 3.8) is 0 Å². The molecular weight excluding hydrogens is 716 g/mol. The van der Waals surface area contributed by atoms with E-state index in [0.717, 1.165) is 32.7 Å². The number of pyridine rings is 3. The molecule has 0 atom stereocenters. The summed E-state index contributed by atoms with van der Waals surface area (Å²) in [5.74, 6) is 1.12. The Hall–Kier alpha value is -2.22. The van der Waals surface area contributed by atoms with Crippen molar-refractivity contribution < 1.29 is 92.6 Å². The molecule has 0 radical (unpaired) electrons. The molecule has 6 nitrogen and oxygen atoms in total. The van der Waals surface area contributed by atoms with Crippen molar-refractivity contribution >= 4 is 55.5 Å². The summed E-state index contributed by atoms with van der Waals surface area (Å²) in [4.78, 5) is 11.5. The van der Waals surface area contributed by atoms with Crippen molar-refractivity contribution in [2.24, 2.45) is 0 Å². The Kier molecular flexibility index (Phi) is 17.4. The van der Waals surface area contributed by atoms with Gasteiger partial charge in [0.05, 0.1) is 31.8 Å². The number of aromatic nitrogens is 3. The SMILES string of the molecule is C.CCOc1cnc(Cl)c2ccccc12.CCOc1cnc(F)c2ccccc12.Oc1cnc(Cl)c2ccccc12.[Cs+].[F-]. The summed E-state index contributed by atoms with van der Waals surface area (Å²) in [5, 5.41) is 15.0. The number of halogens is 4. The summed E-state index contributed by atoms with van der Waals surface area (Å²) in [6.45, 7) is 5.02. The second kappa shape index (κ2) is 19.2. The zero-order chi connectivity index (χ0) is 28.5. The standard InChI is InChI=1S/C11H10ClNO.C11H10FNO.C9H6ClNO.CH4.Cs.FH/c2*1-2-14-10-7-13-11(12)9-6-4-3-5-8(9)10;10-9-7-4-2-1-3-6(7)8(12)5-11-9;;;/h2*3-7H,2H2,1H3;1-5,12H;1H4;;1H/q;;;;+1;/p-1. The van der Waals surface area contributed by atoms with Crippen molar-refractivity contribution in [1.29, 1.82) is 0 Å². The topological polar surface area (TPSA) is 77.4 Å². The molecule has 220 valence electrons. The minimum absolute atomic E-state index is 0. The maximum Gasteiger partial charge on any atom is 1.00 e.